The van der Waals surface area contributed by atoms with E-state index in [1.807, 2.05) is 68.8 Å². The molecule has 4 bridgehead atoms. The Bertz CT molecular complexity index is 1650. The minimum absolute atomic E-state index is 0.231. The van der Waals surface area contributed by atoms with Crippen LogP contribution < -0.4 is 15.4 Å². The summed E-state index contributed by atoms with van der Waals surface area (Å²) in [6, 6.07) is 14.3. The number of aromatic amines is 1. The third kappa shape index (κ3) is 8.33. The molecule has 13 heteroatoms. The van der Waals surface area contributed by atoms with E-state index in [2.05, 4.69) is 30.9 Å². The molecule has 0 spiro atoms. The number of nitrogens with one attached hydrogen (secondary N) is 3. The number of carbonyl (C=O) groups is 3. The van der Waals surface area contributed by atoms with Crippen LogP contribution in [0.15, 0.2) is 54.7 Å². The zero-order valence-corrected chi connectivity index (χ0v) is 27.2. The molecule has 0 saturated heterocycles. The predicted octanol–water partition coefficient (Wildman–Crippen LogP) is 3.77. The van der Waals surface area contributed by atoms with E-state index in [0.29, 0.717) is 85.5 Å². The molecule has 1 aliphatic heterocycles. The number of amides is 3. The number of ether oxygens (including phenoxy) is 1. The summed E-state index contributed by atoms with van der Waals surface area (Å²) in [6.45, 7) is 5.57. The highest BCUT2D eigenvalue weighted by Gasteiger charge is 2.25. The highest BCUT2D eigenvalue weighted by Crippen LogP contribution is 2.21. The third-order valence-electron chi connectivity index (χ3n) is 7.75. The van der Waals surface area contributed by atoms with Crippen molar-refractivity contribution in [1.82, 2.24) is 40.5 Å². The Morgan fingerprint density at radius 2 is 1.91 bits per heavy atom. The number of hydrogen-bond acceptors (Lipinski definition) is 8. The van der Waals surface area contributed by atoms with Crippen LogP contribution in [0.5, 0.6) is 5.75 Å². The van der Waals surface area contributed by atoms with Gasteiger partial charge in [-0.25, -0.2) is 4.98 Å². The number of hydrogen-bond donors (Lipinski definition) is 3. The molecule has 3 heterocycles. The van der Waals surface area contributed by atoms with Crippen molar-refractivity contribution < 1.29 is 19.1 Å². The second-order valence-electron chi connectivity index (χ2n) is 11.3. The monoisotopic (exact) mass is 644 g/mol. The van der Waals surface area contributed by atoms with E-state index in [9.17, 15) is 14.4 Å². The molecule has 2 aromatic heterocycles. The van der Waals surface area contributed by atoms with Crippen molar-refractivity contribution in [3.8, 4) is 17.1 Å². The van der Waals surface area contributed by atoms with Gasteiger partial charge in [0.2, 0.25) is 5.91 Å². The van der Waals surface area contributed by atoms with Crippen molar-refractivity contribution in [3.05, 3.63) is 82.9 Å². The summed E-state index contributed by atoms with van der Waals surface area (Å²) in [7, 11) is 0. The van der Waals surface area contributed by atoms with Crippen LogP contribution in [0, 0.1) is 13.8 Å². The van der Waals surface area contributed by atoms with Crippen LogP contribution in [0.25, 0.3) is 11.4 Å². The van der Waals surface area contributed by atoms with Gasteiger partial charge >= 0.3 is 0 Å². The number of thioether (sulfide) groups is 1. The van der Waals surface area contributed by atoms with E-state index in [1.54, 1.807) is 27.4 Å². The average molecular weight is 645 g/mol. The van der Waals surface area contributed by atoms with Crippen LogP contribution in [0.3, 0.4) is 0 Å². The molecule has 2 aromatic carbocycles. The van der Waals surface area contributed by atoms with Gasteiger partial charge < -0.3 is 25.3 Å². The van der Waals surface area contributed by atoms with E-state index < -0.39 is 6.04 Å². The van der Waals surface area contributed by atoms with Crippen molar-refractivity contribution in [1.29, 1.82) is 0 Å². The van der Waals surface area contributed by atoms with Gasteiger partial charge in [-0.1, -0.05) is 41.6 Å². The van der Waals surface area contributed by atoms with Crippen molar-refractivity contribution in [3.63, 3.8) is 0 Å². The summed E-state index contributed by atoms with van der Waals surface area (Å²) in [5.41, 5.74) is 3.79. The zero-order valence-electron chi connectivity index (χ0n) is 26.4. The quantitative estimate of drug-likeness (QED) is 0.298. The standard InChI is InChI=1S/C33H40N8O4S/c1-22-11-12-26-19-27(22)31(42)36-28(13-18-46-3)32(43)34-14-7-15-40(20-25-21-41(39-38-25)16-8-17-45-26)33(44)29-23(2)35-30(37-29)24-9-5-4-6-10-24/h4-6,9-12,19,21,28H,7-8,13-18,20H2,1-3H3,(H,34,43)(H,35,37)(H,36,42)/t28-/m0/s1. The number of nitrogens with zero attached hydrogens (tertiary/aromatic N) is 5. The van der Waals surface area contributed by atoms with E-state index in [4.69, 9.17) is 4.74 Å². The molecule has 4 aromatic rings. The Morgan fingerprint density at radius 3 is 2.72 bits per heavy atom. The Balaban J connectivity index is 1.36. The molecule has 12 nitrogen and oxygen atoms in total. The van der Waals surface area contributed by atoms with Gasteiger partial charge in [0.1, 0.15) is 29.0 Å². The van der Waals surface area contributed by atoms with Gasteiger partial charge in [0, 0.05) is 42.9 Å². The Hall–Kier alpha value is -4.65. The molecule has 5 rings (SSSR count). The minimum Gasteiger partial charge on any atom is -0.494 e. The van der Waals surface area contributed by atoms with E-state index in [0.717, 1.165) is 11.1 Å². The number of rotatable bonds is 5. The molecule has 0 aliphatic carbocycles. The van der Waals surface area contributed by atoms with Crippen molar-refractivity contribution in [2.75, 3.05) is 31.7 Å². The lowest BCUT2D eigenvalue weighted by Crippen LogP contribution is -2.47. The van der Waals surface area contributed by atoms with Crippen LogP contribution >= 0.6 is 11.8 Å². The minimum atomic E-state index is -0.703. The molecular weight excluding hydrogens is 604 g/mol. The summed E-state index contributed by atoms with van der Waals surface area (Å²) in [5, 5.41) is 14.5. The summed E-state index contributed by atoms with van der Waals surface area (Å²) >= 11 is 1.61. The largest absolute Gasteiger partial charge is 0.494 e. The Labute approximate surface area is 272 Å². The topological polar surface area (TPSA) is 147 Å². The van der Waals surface area contributed by atoms with Crippen LogP contribution in [0.1, 0.15) is 57.1 Å². The first-order valence-electron chi connectivity index (χ1n) is 15.4. The van der Waals surface area contributed by atoms with Crippen LogP contribution in [-0.4, -0.2) is 85.3 Å². The van der Waals surface area contributed by atoms with Gasteiger partial charge in [0.15, 0.2) is 0 Å². The lowest BCUT2D eigenvalue weighted by molar-refractivity contribution is -0.123. The van der Waals surface area contributed by atoms with E-state index >= 15 is 0 Å². The van der Waals surface area contributed by atoms with Crippen LogP contribution in [0.2, 0.25) is 0 Å². The molecule has 0 unspecified atom stereocenters. The average Bonchev–Trinajstić information content (AvgIpc) is 3.68. The molecular formula is C33H40N8O4S. The molecule has 242 valence electrons. The van der Waals surface area contributed by atoms with Crippen molar-refractivity contribution >= 4 is 29.5 Å². The van der Waals surface area contributed by atoms with E-state index in [1.165, 1.54) is 0 Å². The third-order valence-corrected chi connectivity index (χ3v) is 8.40. The van der Waals surface area contributed by atoms with Crippen LogP contribution in [-0.2, 0) is 17.9 Å². The number of fused-ring (bicyclic) bond motifs is 4. The number of aryl methyl sites for hydroxylation is 3. The lowest BCUT2D eigenvalue weighted by atomic mass is 10.1. The fourth-order valence-corrected chi connectivity index (χ4v) is 5.69. The molecule has 1 atom stereocenters. The first kappa shape index (κ1) is 32.7. The van der Waals surface area contributed by atoms with Crippen LogP contribution in [0.4, 0.5) is 0 Å². The number of H-pyrrole nitrogens is 1. The van der Waals surface area contributed by atoms with Crippen molar-refractivity contribution in [2.45, 2.75) is 52.2 Å². The molecule has 0 saturated carbocycles. The van der Waals surface area contributed by atoms with Gasteiger partial charge in [-0.2, -0.15) is 11.8 Å². The number of benzene rings is 2. The fraction of sp³-hybridized carbons (Fsp3) is 0.394. The molecule has 3 N–H and O–H groups in total. The summed E-state index contributed by atoms with van der Waals surface area (Å²) < 4.78 is 7.68. The highest BCUT2D eigenvalue weighted by atomic mass is 32.2. The fourth-order valence-electron chi connectivity index (χ4n) is 5.22. The SMILES string of the molecule is CSCC[C@@H]1NC(=O)c2cc(ccc2C)OCCCn2cc(nn2)CN(C(=O)c2nc(-c3ccccc3)[nH]c2C)CCCNC1=O. The van der Waals surface area contributed by atoms with Gasteiger partial charge in [-0.15, -0.1) is 5.10 Å². The number of imidazole rings is 1. The molecule has 46 heavy (non-hydrogen) atoms. The maximum atomic E-state index is 13.9. The summed E-state index contributed by atoms with van der Waals surface area (Å²) in [5.74, 6) is 1.07. The molecule has 0 radical (unpaired) electrons. The van der Waals surface area contributed by atoms with Gasteiger partial charge in [0.25, 0.3) is 11.8 Å². The Morgan fingerprint density at radius 1 is 1.09 bits per heavy atom. The first-order chi connectivity index (χ1) is 22.3. The molecule has 3 amide bonds. The first-order valence-corrected chi connectivity index (χ1v) is 16.8. The van der Waals surface area contributed by atoms with Gasteiger partial charge in [-0.3, -0.25) is 19.1 Å². The van der Waals surface area contributed by atoms with Gasteiger partial charge in [0.05, 0.1) is 19.3 Å². The van der Waals surface area contributed by atoms with Crippen molar-refractivity contribution in [2.24, 2.45) is 0 Å². The second kappa shape index (κ2) is 15.6. The smallest absolute Gasteiger partial charge is 0.274 e. The zero-order chi connectivity index (χ0) is 32.5. The normalized spacial score (nSPS) is 16.7. The maximum Gasteiger partial charge on any atom is 0.274 e. The lowest BCUT2D eigenvalue weighted by Gasteiger charge is -2.22. The highest BCUT2D eigenvalue weighted by molar-refractivity contribution is 7.98. The maximum absolute atomic E-state index is 13.9. The molecule has 0 fully saturated rings. The predicted molar refractivity (Wildman–Crippen MR) is 177 cm³/mol. The number of aromatic nitrogens is 5. The van der Waals surface area contributed by atoms with Gasteiger partial charge in [-0.05, 0) is 56.4 Å². The van der Waals surface area contributed by atoms with E-state index in [-0.39, 0.29) is 24.3 Å². The Kier molecular flexibility index (Phi) is 11.1. The molecule has 1 aliphatic rings. The number of carbonyl (C=O) groups excluding carboxylic acids is 3. The second-order valence-corrected chi connectivity index (χ2v) is 12.2. The summed E-state index contributed by atoms with van der Waals surface area (Å²) in [4.78, 5) is 50.1. The summed E-state index contributed by atoms with van der Waals surface area (Å²) in [6.07, 6.45) is 5.42.